The summed E-state index contributed by atoms with van der Waals surface area (Å²) in [5.74, 6) is -2.17. The molecule has 2 rings (SSSR count). The van der Waals surface area contributed by atoms with E-state index in [1.807, 2.05) is 0 Å². The van der Waals surface area contributed by atoms with Crippen LogP contribution in [0.25, 0.3) is 0 Å². The molecule has 2 amide bonds. The average molecular weight is 315 g/mol. The third kappa shape index (κ3) is 2.74. The molecule has 0 aromatic heterocycles. The maximum atomic E-state index is 12.1. The number of rotatable bonds is 7. The van der Waals surface area contributed by atoms with Gasteiger partial charge in [-0.2, -0.15) is 0 Å². The van der Waals surface area contributed by atoms with Gasteiger partial charge in [0.05, 0.1) is 0 Å². The van der Waals surface area contributed by atoms with Gasteiger partial charge < -0.3 is 21.1 Å². The van der Waals surface area contributed by atoms with E-state index in [4.69, 9.17) is 5.73 Å². The van der Waals surface area contributed by atoms with E-state index in [0.29, 0.717) is 0 Å². The van der Waals surface area contributed by atoms with E-state index in [1.54, 1.807) is 0 Å². The highest BCUT2D eigenvalue weighted by Crippen LogP contribution is 2.42. The van der Waals surface area contributed by atoms with Crippen molar-refractivity contribution < 1.29 is 19.5 Å². The Morgan fingerprint density at radius 3 is 2.81 bits per heavy atom. The highest BCUT2D eigenvalue weighted by atomic mass is 32.2. The fourth-order valence-corrected chi connectivity index (χ4v) is 4.22. The number of nitrogens with zero attached hydrogens (tertiary/aromatic N) is 1. The molecule has 0 aliphatic carbocycles. The second kappa shape index (κ2) is 6.23. The predicted molar refractivity (Wildman–Crippen MR) is 78.5 cm³/mol. The molecule has 2 aliphatic rings. The van der Waals surface area contributed by atoms with E-state index in [9.17, 15) is 19.5 Å². The molecular weight excluding hydrogens is 294 g/mol. The number of nitrogens with one attached hydrogen (secondary N) is 1. The molecule has 0 aromatic rings. The minimum Gasteiger partial charge on any atom is -0.480 e. The topological polar surface area (TPSA) is 113 Å². The van der Waals surface area contributed by atoms with Gasteiger partial charge in [0.15, 0.2) is 5.41 Å². The zero-order chi connectivity index (χ0) is 15.6. The summed E-state index contributed by atoms with van der Waals surface area (Å²) in [5.41, 5.74) is 3.58. The smallest absolute Gasteiger partial charge is 0.321 e. The summed E-state index contributed by atoms with van der Waals surface area (Å²) in [6, 6.07) is -0.272. The number of hydrogen-bond donors (Lipinski definition) is 3. The van der Waals surface area contributed by atoms with Gasteiger partial charge in [-0.25, -0.2) is 0 Å². The number of carboxylic acid groups (broad SMARTS) is 1. The van der Waals surface area contributed by atoms with Crippen molar-refractivity contribution in [3.63, 3.8) is 0 Å². The average Bonchev–Trinajstić information content (AvgIpc) is 2.45. The number of amides is 2. The number of carbonyl (C=O) groups is 3. The minimum absolute atomic E-state index is 0.0917. The highest BCUT2D eigenvalue weighted by Gasteiger charge is 2.59. The lowest BCUT2D eigenvalue weighted by Gasteiger charge is -2.53. The fourth-order valence-electron chi connectivity index (χ4n) is 2.65. The monoisotopic (exact) mass is 315 g/mol. The number of primary amides is 1. The Balaban J connectivity index is 1.95. The van der Waals surface area contributed by atoms with Crippen LogP contribution in [-0.2, 0) is 14.4 Å². The van der Waals surface area contributed by atoms with Gasteiger partial charge in [0, 0.05) is 12.3 Å². The van der Waals surface area contributed by atoms with Gasteiger partial charge in [0.25, 0.3) is 0 Å². The number of carbonyl (C=O) groups excluding carboxylic acids is 2. The number of fused-ring (bicyclic) bond motifs is 1. The molecule has 4 N–H and O–H groups in total. The Morgan fingerprint density at radius 1 is 1.52 bits per heavy atom. The second-order valence-electron chi connectivity index (χ2n) is 5.56. The summed E-state index contributed by atoms with van der Waals surface area (Å²) >= 11 is 1.31. The molecule has 7 nitrogen and oxygen atoms in total. The summed E-state index contributed by atoms with van der Waals surface area (Å²) in [7, 11) is 0. The molecule has 2 fully saturated rings. The van der Waals surface area contributed by atoms with Crippen LogP contribution in [0.3, 0.4) is 0 Å². The number of nitrogens with two attached hydrogens (primary N) is 1. The van der Waals surface area contributed by atoms with Crippen LogP contribution < -0.4 is 11.1 Å². The molecule has 2 unspecified atom stereocenters. The van der Waals surface area contributed by atoms with Crippen molar-refractivity contribution in [2.75, 3.05) is 18.8 Å². The molecule has 8 heteroatoms. The maximum Gasteiger partial charge on any atom is 0.321 e. The standard InChI is InChI=1S/C13H21N3O4S/c1-2-3-4-5-15-8-9(17)16-6-13(11(14)18,12(19)20)7-21-10(8)16/h8,10,15H,2-7H2,1H3,(H2,14,18)(H,19,20)/t8?,10-,13?/m1/s1. The normalized spacial score (nSPS) is 31.5. The molecule has 2 heterocycles. The Morgan fingerprint density at radius 2 is 2.24 bits per heavy atom. The van der Waals surface area contributed by atoms with Gasteiger partial charge in [0.2, 0.25) is 11.8 Å². The number of unbranched alkanes of at least 4 members (excludes halogenated alkanes) is 2. The van der Waals surface area contributed by atoms with Gasteiger partial charge >= 0.3 is 5.97 Å². The Labute approximate surface area is 127 Å². The van der Waals surface area contributed by atoms with Gasteiger partial charge in [0.1, 0.15) is 11.4 Å². The van der Waals surface area contributed by atoms with Crippen molar-refractivity contribution in [2.45, 2.75) is 37.6 Å². The third-order valence-corrected chi connectivity index (χ3v) is 5.64. The summed E-state index contributed by atoms with van der Waals surface area (Å²) in [6.07, 6.45) is 3.24. The van der Waals surface area contributed by atoms with Crippen LogP contribution in [0.1, 0.15) is 26.2 Å². The molecule has 2 aliphatic heterocycles. The van der Waals surface area contributed by atoms with Crippen molar-refractivity contribution in [1.82, 2.24) is 10.2 Å². The molecule has 2 saturated heterocycles. The first-order valence-electron chi connectivity index (χ1n) is 7.13. The molecule has 21 heavy (non-hydrogen) atoms. The lowest BCUT2D eigenvalue weighted by molar-refractivity contribution is -0.161. The summed E-state index contributed by atoms with van der Waals surface area (Å²) in [6.45, 7) is 2.76. The van der Waals surface area contributed by atoms with E-state index in [0.717, 1.165) is 25.8 Å². The van der Waals surface area contributed by atoms with Gasteiger partial charge in [-0.3, -0.25) is 14.4 Å². The van der Waals surface area contributed by atoms with E-state index in [2.05, 4.69) is 12.2 Å². The predicted octanol–water partition coefficient (Wildman–Crippen LogP) is -0.394. The zero-order valence-corrected chi connectivity index (χ0v) is 12.8. The molecule has 0 saturated carbocycles. The van der Waals surface area contributed by atoms with Crippen LogP contribution in [0.4, 0.5) is 0 Å². The maximum absolute atomic E-state index is 12.1. The van der Waals surface area contributed by atoms with E-state index < -0.39 is 17.3 Å². The molecule has 0 radical (unpaired) electrons. The third-order valence-electron chi connectivity index (χ3n) is 4.11. The van der Waals surface area contributed by atoms with Gasteiger partial charge in [-0.1, -0.05) is 19.8 Å². The number of hydrogen-bond acceptors (Lipinski definition) is 5. The second-order valence-corrected chi connectivity index (χ2v) is 6.66. The number of aliphatic carboxylic acids is 1. The SMILES string of the molecule is CCCCCNC1C(=O)N2CC(C(N)=O)(C(=O)O)CS[C@H]12. The lowest BCUT2D eigenvalue weighted by Crippen LogP contribution is -2.74. The molecule has 118 valence electrons. The Bertz CT molecular complexity index is 443. The summed E-state index contributed by atoms with van der Waals surface area (Å²) in [4.78, 5) is 36.4. The van der Waals surface area contributed by atoms with Crippen molar-refractivity contribution >= 4 is 29.5 Å². The van der Waals surface area contributed by atoms with Crippen molar-refractivity contribution in [3.05, 3.63) is 0 Å². The van der Waals surface area contributed by atoms with Crippen molar-refractivity contribution in [3.8, 4) is 0 Å². The van der Waals surface area contributed by atoms with E-state index in [-0.39, 0.29) is 29.6 Å². The van der Waals surface area contributed by atoms with Crippen LogP contribution in [0.2, 0.25) is 0 Å². The lowest BCUT2D eigenvalue weighted by atomic mass is 9.86. The molecule has 0 bridgehead atoms. The van der Waals surface area contributed by atoms with Crippen LogP contribution in [-0.4, -0.2) is 58.0 Å². The number of thioether (sulfide) groups is 1. The first-order valence-corrected chi connectivity index (χ1v) is 8.17. The number of β-lactam (4-membered cyclic amide) rings is 1. The fraction of sp³-hybridized carbons (Fsp3) is 0.769. The highest BCUT2D eigenvalue weighted by molar-refractivity contribution is 8.00. The minimum atomic E-state index is -1.66. The van der Waals surface area contributed by atoms with Crippen LogP contribution in [0.15, 0.2) is 0 Å². The zero-order valence-electron chi connectivity index (χ0n) is 12.0. The quantitative estimate of drug-likeness (QED) is 0.335. The first-order chi connectivity index (χ1) is 9.94. The largest absolute Gasteiger partial charge is 0.480 e. The van der Waals surface area contributed by atoms with Gasteiger partial charge in [-0.05, 0) is 13.0 Å². The van der Waals surface area contributed by atoms with E-state index in [1.165, 1.54) is 16.7 Å². The van der Waals surface area contributed by atoms with Crippen LogP contribution >= 0.6 is 11.8 Å². The van der Waals surface area contributed by atoms with Crippen molar-refractivity contribution in [2.24, 2.45) is 11.1 Å². The van der Waals surface area contributed by atoms with Gasteiger partial charge in [-0.15, -0.1) is 11.8 Å². The number of carboxylic acids is 1. The van der Waals surface area contributed by atoms with Crippen LogP contribution in [0, 0.1) is 5.41 Å². The van der Waals surface area contributed by atoms with Crippen molar-refractivity contribution in [1.29, 1.82) is 0 Å². The summed E-state index contributed by atoms with van der Waals surface area (Å²) < 4.78 is 0. The molecule has 3 atom stereocenters. The van der Waals surface area contributed by atoms with Crippen LogP contribution in [0.5, 0.6) is 0 Å². The first kappa shape index (κ1) is 16.1. The summed E-state index contributed by atoms with van der Waals surface area (Å²) in [5, 5.41) is 12.4. The Kier molecular flexibility index (Phi) is 4.77. The Hall–Kier alpha value is -1.28. The molecular formula is C13H21N3O4S. The molecule has 0 aromatic carbocycles. The van der Waals surface area contributed by atoms with E-state index >= 15 is 0 Å². The molecule has 0 spiro atoms.